The molecule has 0 unspecified atom stereocenters. The molecule has 0 saturated heterocycles. The summed E-state index contributed by atoms with van der Waals surface area (Å²) in [5.74, 6) is 1.33. The third-order valence-corrected chi connectivity index (χ3v) is 4.40. The number of para-hydroxylation sites is 1. The average Bonchev–Trinajstić information content (AvgIpc) is 2.68. The van der Waals surface area contributed by atoms with Crippen LogP contribution < -0.4 is 16.0 Å². The van der Waals surface area contributed by atoms with Crippen LogP contribution in [-0.4, -0.2) is 4.98 Å². The second kappa shape index (κ2) is 7.69. The maximum absolute atomic E-state index is 12.2. The van der Waals surface area contributed by atoms with Crippen LogP contribution in [-0.2, 0) is 0 Å². The molecule has 0 saturated carbocycles. The second-order valence-electron chi connectivity index (χ2n) is 6.54. The Morgan fingerprint density at radius 3 is 2.25 bits per heavy atom. The molecule has 0 aliphatic heterocycles. The van der Waals surface area contributed by atoms with Crippen molar-refractivity contribution in [3.05, 3.63) is 75.6 Å². The number of nitrogens with one attached hydrogen (secondary N) is 1. The highest BCUT2D eigenvalue weighted by Crippen LogP contribution is 2.37. The average molecular weight is 370 g/mol. The number of nitriles is 2. The van der Waals surface area contributed by atoms with E-state index in [-0.39, 0.29) is 22.5 Å². The number of ether oxygens (including phenoxy) is 1. The summed E-state index contributed by atoms with van der Waals surface area (Å²) >= 11 is 0. The van der Waals surface area contributed by atoms with Gasteiger partial charge in [-0.05, 0) is 29.7 Å². The Morgan fingerprint density at radius 1 is 1.00 bits per heavy atom. The van der Waals surface area contributed by atoms with E-state index in [1.165, 1.54) is 5.56 Å². The number of benzene rings is 2. The van der Waals surface area contributed by atoms with Crippen LogP contribution in [0.2, 0.25) is 0 Å². The zero-order chi connectivity index (χ0) is 20.3. The van der Waals surface area contributed by atoms with E-state index in [1.54, 1.807) is 24.3 Å². The summed E-state index contributed by atoms with van der Waals surface area (Å²) in [7, 11) is 0. The van der Waals surface area contributed by atoms with Gasteiger partial charge in [-0.1, -0.05) is 44.2 Å². The summed E-state index contributed by atoms with van der Waals surface area (Å²) in [5.41, 5.74) is 6.81. The topological polar surface area (TPSA) is 116 Å². The van der Waals surface area contributed by atoms with Gasteiger partial charge in [0.1, 0.15) is 40.6 Å². The minimum absolute atomic E-state index is 0.0300. The number of nitrogens with zero attached hydrogens (tertiary/aromatic N) is 2. The van der Waals surface area contributed by atoms with Gasteiger partial charge >= 0.3 is 0 Å². The van der Waals surface area contributed by atoms with E-state index >= 15 is 0 Å². The van der Waals surface area contributed by atoms with Crippen LogP contribution in [0.3, 0.4) is 0 Å². The van der Waals surface area contributed by atoms with E-state index in [1.807, 2.05) is 36.4 Å². The number of nitrogen functional groups attached to an aromatic ring is 1. The number of nitrogens with two attached hydrogens (primary N) is 1. The van der Waals surface area contributed by atoms with Crippen molar-refractivity contribution in [1.29, 1.82) is 10.5 Å². The van der Waals surface area contributed by atoms with Crippen LogP contribution in [0.4, 0.5) is 5.82 Å². The molecule has 6 heteroatoms. The van der Waals surface area contributed by atoms with E-state index < -0.39 is 5.56 Å². The summed E-state index contributed by atoms with van der Waals surface area (Å²) in [5, 5.41) is 19.0. The largest absolute Gasteiger partial charge is 0.457 e. The van der Waals surface area contributed by atoms with Gasteiger partial charge in [-0.15, -0.1) is 0 Å². The molecule has 0 aliphatic carbocycles. The fraction of sp³-hybridized carbons (Fsp3) is 0.136. The van der Waals surface area contributed by atoms with Crippen molar-refractivity contribution in [2.24, 2.45) is 0 Å². The van der Waals surface area contributed by atoms with Gasteiger partial charge in [0, 0.05) is 11.1 Å². The highest BCUT2D eigenvalue weighted by molar-refractivity contribution is 5.83. The number of pyridine rings is 1. The van der Waals surface area contributed by atoms with E-state index in [9.17, 15) is 15.3 Å². The first-order valence-electron chi connectivity index (χ1n) is 8.69. The van der Waals surface area contributed by atoms with Gasteiger partial charge in [-0.3, -0.25) is 4.79 Å². The molecule has 28 heavy (non-hydrogen) atoms. The molecule has 0 atom stereocenters. The number of hydrogen-bond donors (Lipinski definition) is 2. The van der Waals surface area contributed by atoms with Gasteiger partial charge in [0.15, 0.2) is 0 Å². The predicted octanol–water partition coefficient (Wildman–Crippen LogP) is 4.28. The molecule has 3 aromatic rings. The normalized spacial score (nSPS) is 10.3. The van der Waals surface area contributed by atoms with Crippen molar-refractivity contribution in [3.63, 3.8) is 0 Å². The Hall–Kier alpha value is -4.03. The van der Waals surface area contributed by atoms with Crippen molar-refractivity contribution in [2.75, 3.05) is 5.73 Å². The predicted molar refractivity (Wildman–Crippen MR) is 107 cm³/mol. The maximum atomic E-state index is 12.2. The van der Waals surface area contributed by atoms with Crippen LogP contribution in [0, 0.1) is 22.7 Å². The molecule has 0 amide bonds. The van der Waals surface area contributed by atoms with Crippen LogP contribution in [0.1, 0.15) is 36.5 Å². The number of aromatic amines is 1. The van der Waals surface area contributed by atoms with Crippen LogP contribution in [0.25, 0.3) is 11.1 Å². The van der Waals surface area contributed by atoms with E-state index in [2.05, 4.69) is 18.8 Å². The van der Waals surface area contributed by atoms with Crippen LogP contribution in [0.15, 0.2) is 53.3 Å². The molecule has 0 bridgehead atoms. The van der Waals surface area contributed by atoms with Crippen LogP contribution >= 0.6 is 0 Å². The molecule has 2 aromatic carbocycles. The van der Waals surface area contributed by atoms with E-state index in [0.29, 0.717) is 23.0 Å². The summed E-state index contributed by atoms with van der Waals surface area (Å²) in [6.07, 6.45) is 0. The third-order valence-electron chi connectivity index (χ3n) is 4.40. The van der Waals surface area contributed by atoms with Gasteiger partial charge in [0.2, 0.25) is 0 Å². The Labute approximate surface area is 162 Å². The zero-order valence-electron chi connectivity index (χ0n) is 15.5. The summed E-state index contributed by atoms with van der Waals surface area (Å²) < 4.78 is 6.01. The Balaban J connectivity index is 2.16. The molecule has 0 spiro atoms. The van der Waals surface area contributed by atoms with Gasteiger partial charge in [0.05, 0.1) is 0 Å². The summed E-state index contributed by atoms with van der Waals surface area (Å²) in [4.78, 5) is 14.5. The lowest BCUT2D eigenvalue weighted by Gasteiger charge is -2.14. The van der Waals surface area contributed by atoms with Crippen molar-refractivity contribution in [2.45, 2.75) is 19.8 Å². The van der Waals surface area contributed by atoms with Gasteiger partial charge in [0.25, 0.3) is 5.56 Å². The molecule has 138 valence electrons. The van der Waals surface area contributed by atoms with E-state index in [4.69, 9.17) is 10.5 Å². The van der Waals surface area contributed by atoms with Crippen molar-refractivity contribution in [3.8, 4) is 34.8 Å². The molecule has 3 rings (SSSR count). The highest BCUT2D eigenvalue weighted by atomic mass is 16.5. The number of anilines is 1. The first-order valence-corrected chi connectivity index (χ1v) is 8.69. The Bertz CT molecular complexity index is 1160. The molecule has 6 nitrogen and oxygen atoms in total. The molecule has 1 heterocycles. The lowest BCUT2D eigenvalue weighted by molar-refractivity contribution is 0.484. The Kier molecular flexibility index (Phi) is 5.15. The summed E-state index contributed by atoms with van der Waals surface area (Å²) in [6.45, 7) is 4.21. The quantitative estimate of drug-likeness (QED) is 0.711. The summed E-state index contributed by atoms with van der Waals surface area (Å²) in [6, 6.07) is 18.4. The molecular weight excluding hydrogens is 352 g/mol. The fourth-order valence-corrected chi connectivity index (χ4v) is 2.92. The number of hydrogen-bond acceptors (Lipinski definition) is 5. The third kappa shape index (κ3) is 3.44. The SMILES string of the molecule is CC(C)c1ccc(Oc2ccccc2-c2c(C#N)c(N)[nH]c(=O)c2C#N)cc1. The van der Waals surface area contributed by atoms with Gasteiger partial charge in [-0.2, -0.15) is 10.5 Å². The lowest BCUT2D eigenvalue weighted by Crippen LogP contribution is -2.16. The smallest absolute Gasteiger partial charge is 0.268 e. The number of aromatic nitrogens is 1. The number of H-pyrrole nitrogens is 1. The lowest BCUT2D eigenvalue weighted by atomic mass is 9.96. The fourth-order valence-electron chi connectivity index (χ4n) is 2.92. The zero-order valence-corrected chi connectivity index (χ0v) is 15.5. The van der Waals surface area contributed by atoms with Crippen molar-refractivity contribution >= 4 is 5.82 Å². The molecule has 0 radical (unpaired) electrons. The first kappa shape index (κ1) is 18.8. The number of rotatable bonds is 4. The minimum atomic E-state index is -0.648. The minimum Gasteiger partial charge on any atom is -0.457 e. The highest BCUT2D eigenvalue weighted by Gasteiger charge is 2.21. The first-order chi connectivity index (χ1) is 13.5. The molecule has 0 fully saturated rings. The van der Waals surface area contributed by atoms with Crippen molar-refractivity contribution in [1.82, 2.24) is 4.98 Å². The maximum Gasteiger partial charge on any atom is 0.268 e. The molecule has 0 aliphatic rings. The van der Waals surface area contributed by atoms with Gasteiger partial charge < -0.3 is 15.5 Å². The van der Waals surface area contributed by atoms with Gasteiger partial charge in [-0.25, -0.2) is 0 Å². The molecule has 3 N–H and O–H groups in total. The Morgan fingerprint density at radius 2 is 1.64 bits per heavy atom. The second-order valence-corrected chi connectivity index (χ2v) is 6.54. The van der Waals surface area contributed by atoms with Crippen LogP contribution in [0.5, 0.6) is 11.5 Å². The van der Waals surface area contributed by atoms with Crippen molar-refractivity contribution < 1.29 is 4.74 Å². The molecule has 1 aromatic heterocycles. The van der Waals surface area contributed by atoms with E-state index in [0.717, 1.165) is 0 Å². The monoisotopic (exact) mass is 370 g/mol. The standard InChI is InChI=1S/C22H18N4O2/c1-13(2)14-7-9-15(10-8-14)28-19-6-4-3-5-16(19)20-17(11-23)21(25)26-22(27)18(20)12-24/h3-10,13H,1-2H3,(H3,25,26,27). The molecular formula is C22H18N4O2.